The third-order valence-corrected chi connectivity index (χ3v) is 1.78. The fourth-order valence-corrected chi connectivity index (χ4v) is 1.20. The molecule has 0 aliphatic rings. The van der Waals surface area contributed by atoms with Gasteiger partial charge in [-0.3, -0.25) is 0 Å². The van der Waals surface area contributed by atoms with Crippen LogP contribution in [0, 0.1) is 0 Å². The van der Waals surface area contributed by atoms with E-state index in [0.29, 0.717) is 0 Å². The van der Waals surface area contributed by atoms with Crippen molar-refractivity contribution in [1.29, 1.82) is 0 Å². The lowest BCUT2D eigenvalue weighted by Gasteiger charge is -2.16. The molecule has 0 saturated heterocycles. The molecule has 1 aromatic carbocycles. The Morgan fingerprint density at radius 2 is 1.89 bits per heavy atom. The van der Waals surface area contributed by atoms with Crippen molar-refractivity contribution in [1.82, 2.24) is 0 Å². The zero-order chi connectivity index (χ0) is 13.9. The second-order valence-corrected chi connectivity index (χ2v) is 3.68. The molecular formula is C11H11F3O4. The summed E-state index contributed by atoms with van der Waals surface area (Å²) in [5.74, 6) is -2.18. The third-order valence-electron chi connectivity index (χ3n) is 1.78. The maximum absolute atomic E-state index is 12.2. The van der Waals surface area contributed by atoms with Crippen molar-refractivity contribution in [2.45, 2.75) is 26.3 Å². The van der Waals surface area contributed by atoms with Crippen LogP contribution in [0.25, 0.3) is 0 Å². The normalized spacial score (nSPS) is 11.4. The molecule has 0 spiro atoms. The van der Waals surface area contributed by atoms with Crippen LogP contribution in [0.3, 0.4) is 0 Å². The van der Waals surface area contributed by atoms with Gasteiger partial charge in [0.2, 0.25) is 0 Å². The van der Waals surface area contributed by atoms with Crippen molar-refractivity contribution in [3.8, 4) is 11.5 Å². The molecule has 100 valence electrons. The number of carboxylic acids is 1. The van der Waals surface area contributed by atoms with E-state index in [1.54, 1.807) is 13.8 Å². The van der Waals surface area contributed by atoms with E-state index in [1.165, 1.54) is 0 Å². The summed E-state index contributed by atoms with van der Waals surface area (Å²) in [5, 5.41) is 8.70. The largest absolute Gasteiger partial charge is 0.573 e. The smallest absolute Gasteiger partial charge is 0.487 e. The summed E-state index contributed by atoms with van der Waals surface area (Å²) in [4.78, 5) is 10.7. The number of carbonyl (C=O) groups is 1. The molecule has 0 aliphatic carbocycles. The van der Waals surface area contributed by atoms with Crippen LogP contribution in [0.2, 0.25) is 0 Å². The molecule has 1 N–H and O–H groups in total. The molecule has 0 amide bonds. The number of carboxylic acid groups (broad SMARTS) is 1. The number of alkyl halides is 3. The Balaban J connectivity index is 3.13. The van der Waals surface area contributed by atoms with Crippen molar-refractivity contribution < 1.29 is 32.5 Å². The van der Waals surface area contributed by atoms with Gasteiger partial charge in [-0.05, 0) is 32.0 Å². The number of halogens is 3. The molecule has 0 heterocycles. The summed E-state index contributed by atoms with van der Waals surface area (Å²) in [6, 6.07) is 3.04. The number of hydrogen-bond donors (Lipinski definition) is 1. The van der Waals surface area contributed by atoms with E-state index < -0.39 is 18.1 Å². The zero-order valence-electron chi connectivity index (χ0n) is 9.62. The second-order valence-electron chi connectivity index (χ2n) is 3.68. The fraction of sp³-hybridized carbons (Fsp3) is 0.364. The van der Waals surface area contributed by atoms with Gasteiger partial charge in [0.25, 0.3) is 0 Å². The van der Waals surface area contributed by atoms with Gasteiger partial charge in [-0.25, -0.2) is 4.79 Å². The Morgan fingerprint density at radius 3 is 2.33 bits per heavy atom. The monoisotopic (exact) mass is 264 g/mol. The summed E-state index contributed by atoms with van der Waals surface area (Å²) >= 11 is 0. The number of hydrogen-bond acceptors (Lipinski definition) is 3. The third kappa shape index (κ3) is 4.15. The number of rotatable bonds is 4. The highest BCUT2D eigenvalue weighted by atomic mass is 19.4. The maximum Gasteiger partial charge on any atom is 0.573 e. The van der Waals surface area contributed by atoms with Gasteiger partial charge >= 0.3 is 12.3 Å². The average Bonchev–Trinajstić information content (AvgIpc) is 2.17. The first kappa shape index (κ1) is 14.1. The van der Waals surface area contributed by atoms with Gasteiger partial charge in [0.05, 0.1) is 11.7 Å². The summed E-state index contributed by atoms with van der Waals surface area (Å²) in [6.07, 6.45) is -5.28. The SMILES string of the molecule is CC(C)Oc1ccc(C(=O)O)cc1OC(F)(F)F. The lowest BCUT2D eigenvalue weighted by atomic mass is 10.2. The summed E-state index contributed by atoms with van der Waals surface area (Å²) in [7, 11) is 0. The van der Waals surface area contributed by atoms with Gasteiger partial charge in [0, 0.05) is 0 Å². The molecule has 7 heteroatoms. The molecule has 0 aliphatic heterocycles. The minimum Gasteiger partial charge on any atom is -0.487 e. The van der Waals surface area contributed by atoms with E-state index in [0.717, 1.165) is 18.2 Å². The van der Waals surface area contributed by atoms with Crippen molar-refractivity contribution in [2.75, 3.05) is 0 Å². The molecule has 0 saturated carbocycles. The van der Waals surface area contributed by atoms with Gasteiger partial charge in [-0.1, -0.05) is 0 Å². The van der Waals surface area contributed by atoms with Crippen molar-refractivity contribution in [3.05, 3.63) is 23.8 Å². The molecule has 0 fully saturated rings. The van der Waals surface area contributed by atoms with Gasteiger partial charge in [-0.15, -0.1) is 13.2 Å². The summed E-state index contributed by atoms with van der Waals surface area (Å²) in [5.41, 5.74) is -0.314. The van der Waals surface area contributed by atoms with Gasteiger partial charge < -0.3 is 14.6 Å². The van der Waals surface area contributed by atoms with E-state index >= 15 is 0 Å². The van der Waals surface area contributed by atoms with Crippen LogP contribution in [0.4, 0.5) is 13.2 Å². The molecule has 0 atom stereocenters. The van der Waals surface area contributed by atoms with Crippen molar-refractivity contribution in [3.63, 3.8) is 0 Å². The van der Waals surface area contributed by atoms with Crippen LogP contribution in [-0.2, 0) is 0 Å². The van der Waals surface area contributed by atoms with E-state index in [4.69, 9.17) is 9.84 Å². The first-order chi connectivity index (χ1) is 8.19. The van der Waals surface area contributed by atoms with E-state index in [-0.39, 0.29) is 17.4 Å². The van der Waals surface area contributed by atoms with E-state index in [2.05, 4.69) is 4.74 Å². The zero-order valence-corrected chi connectivity index (χ0v) is 9.62. The van der Waals surface area contributed by atoms with Crippen LogP contribution in [0.5, 0.6) is 11.5 Å². The number of ether oxygens (including phenoxy) is 2. The quantitative estimate of drug-likeness (QED) is 0.908. The second kappa shape index (κ2) is 5.16. The Morgan fingerprint density at radius 1 is 1.28 bits per heavy atom. The molecule has 1 aromatic rings. The maximum atomic E-state index is 12.2. The van der Waals surface area contributed by atoms with Gasteiger partial charge in [-0.2, -0.15) is 0 Å². The van der Waals surface area contributed by atoms with Crippen LogP contribution >= 0.6 is 0 Å². The van der Waals surface area contributed by atoms with Crippen LogP contribution in [0.1, 0.15) is 24.2 Å². The topological polar surface area (TPSA) is 55.8 Å². The van der Waals surface area contributed by atoms with Crippen LogP contribution in [0.15, 0.2) is 18.2 Å². The van der Waals surface area contributed by atoms with Crippen molar-refractivity contribution in [2.24, 2.45) is 0 Å². The molecule has 0 radical (unpaired) electrons. The predicted molar refractivity (Wildman–Crippen MR) is 55.8 cm³/mol. The van der Waals surface area contributed by atoms with Crippen molar-refractivity contribution >= 4 is 5.97 Å². The minimum absolute atomic E-state index is 0.160. The summed E-state index contributed by atoms with van der Waals surface area (Å²) < 4.78 is 45.3. The highest BCUT2D eigenvalue weighted by Gasteiger charge is 2.33. The highest BCUT2D eigenvalue weighted by molar-refractivity contribution is 5.88. The average molecular weight is 264 g/mol. The number of benzene rings is 1. The predicted octanol–water partition coefficient (Wildman–Crippen LogP) is 3.07. The Hall–Kier alpha value is -1.92. The summed E-state index contributed by atoms with van der Waals surface area (Å²) in [6.45, 7) is 3.25. The van der Waals surface area contributed by atoms with E-state index in [1.807, 2.05) is 0 Å². The Bertz CT molecular complexity index is 440. The Kier molecular flexibility index (Phi) is 4.05. The molecule has 0 bridgehead atoms. The van der Waals surface area contributed by atoms with Crippen LogP contribution in [-0.4, -0.2) is 23.5 Å². The van der Waals surface area contributed by atoms with Crippen LogP contribution < -0.4 is 9.47 Å². The van der Waals surface area contributed by atoms with Gasteiger partial charge in [0.15, 0.2) is 11.5 Å². The molecule has 0 unspecified atom stereocenters. The first-order valence-electron chi connectivity index (χ1n) is 4.99. The van der Waals surface area contributed by atoms with E-state index in [9.17, 15) is 18.0 Å². The highest BCUT2D eigenvalue weighted by Crippen LogP contribution is 2.33. The molecule has 18 heavy (non-hydrogen) atoms. The first-order valence-corrected chi connectivity index (χ1v) is 4.99. The molecule has 4 nitrogen and oxygen atoms in total. The standard InChI is InChI=1S/C11H11F3O4/c1-6(2)17-8-4-3-7(10(15)16)5-9(8)18-11(12,13)14/h3-6H,1-2H3,(H,15,16). The molecular weight excluding hydrogens is 253 g/mol. The number of aromatic carboxylic acids is 1. The fourth-order valence-electron chi connectivity index (χ4n) is 1.20. The molecule has 0 aromatic heterocycles. The van der Waals surface area contributed by atoms with Gasteiger partial charge in [0.1, 0.15) is 0 Å². The lowest BCUT2D eigenvalue weighted by Crippen LogP contribution is -2.19. The molecule has 1 rings (SSSR count). The minimum atomic E-state index is -4.91. The Labute approximate surface area is 101 Å². The lowest BCUT2D eigenvalue weighted by molar-refractivity contribution is -0.275.